The Hall–Kier alpha value is -2.18. The van der Waals surface area contributed by atoms with E-state index in [9.17, 15) is 9.90 Å². The third-order valence-corrected chi connectivity index (χ3v) is 6.21. The zero-order valence-electron chi connectivity index (χ0n) is 13.6. The largest absolute Gasteiger partial charge is 0.508 e. The maximum absolute atomic E-state index is 12.7. The third kappa shape index (κ3) is 3.45. The summed E-state index contributed by atoms with van der Waals surface area (Å²) in [5, 5.41) is 16.2. The molecule has 0 spiro atoms. The summed E-state index contributed by atoms with van der Waals surface area (Å²) in [7, 11) is 0. The van der Waals surface area contributed by atoms with Crippen LogP contribution in [0, 0.1) is 0 Å². The molecule has 1 saturated heterocycles. The van der Waals surface area contributed by atoms with Crippen LogP contribution in [0.25, 0.3) is 10.6 Å². The molecule has 0 saturated carbocycles. The highest BCUT2D eigenvalue weighted by Gasteiger charge is 2.26. The lowest BCUT2D eigenvalue weighted by atomic mass is 9.89. The van der Waals surface area contributed by atoms with Crippen molar-refractivity contribution < 1.29 is 9.90 Å². The molecule has 0 radical (unpaired) electrons. The van der Waals surface area contributed by atoms with Crippen LogP contribution in [0.3, 0.4) is 0 Å². The van der Waals surface area contributed by atoms with Gasteiger partial charge in [-0.1, -0.05) is 12.1 Å². The zero-order valence-corrected chi connectivity index (χ0v) is 15.2. The molecule has 1 aromatic carbocycles. The summed E-state index contributed by atoms with van der Waals surface area (Å²) < 4.78 is 0. The molecule has 6 heteroatoms. The highest BCUT2D eigenvalue weighted by Crippen LogP contribution is 2.30. The number of likely N-dealkylation sites (tertiary alicyclic amines) is 1. The van der Waals surface area contributed by atoms with Crippen molar-refractivity contribution in [3.8, 4) is 16.3 Å². The normalized spacial score (nSPS) is 15.4. The molecule has 1 aliphatic heterocycles. The molecular formula is C19H18N2O2S2. The Morgan fingerprint density at radius 1 is 1.12 bits per heavy atom. The highest BCUT2D eigenvalue weighted by atomic mass is 32.1. The molecule has 1 aliphatic rings. The van der Waals surface area contributed by atoms with Gasteiger partial charge in [0.05, 0.1) is 0 Å². The predicted octanol–water partition coefficient (Wildman–Crippen LogP) is 4.60. The summed E-state index contributed by atoms with van der Waals surface area (Å²) in [5.74, 6) is 0.768. The van der Waals surface area contributed by atoms with Crippen molar-refractivity contribution in [3.05, 3.63) is 57.7 Å². The van der Waals surface area contributed by atoms with Gasteiger partial charge in [0.25, 0.3) is 5.91 Å². The average Bonchev–Trinajstić information content (AvgIpc) is 3.33. The van der Waals surface area contributed by atoms with E-state index in [2.05, 4.69) is 10.4 Å². The Balaban J connectivity index is 1.40. The van der Waals surface area contributed by atoms with Gasteiger partial charge >= 0.3 is 0 Å². The Labute approximate surface area is 154 Å². The number of rotatable bonds is 3. The highest BCUT2D eigenvalue weighted by molar-refractivity contribution is 7.14. The van der Waals surface area contributed by atoms with Crippen molar-refractivity contribution in [2.24, 2.45) is 0 Å². The maximum Gasteiger partial charge on any atom is 0.273 e. The SMILES string of the molecule is O=C(c1csc(-c2ccsc2)n1)N1CCC(c2ccc(O)cc2)CC1. The smallest absolute Gasteiger partial charge is 0.273 e. The number of piperidine rings is 1. The van der Waals surface area contributed by atoms with Crippen LogP contribution in [0.15, 0.2) is 46.5 Å². The van der Waals surface area contributed by atoms with Crippen LogP contribution >= 0.6 is 22.7 Å². The summed E-state index contributed by atoms with van der Waals surface area (Å²) in [6, 6.07) is 9.44. The predicted molar refractivity (Wildman–Crippen MR) is 101 cm³/mol. The van der Waals surface area contributed by atoms with E-state index >= 15 is 0 Å². The number of phenolic OH excluding ortho intramolecular Hbond substituents is 1. The molecule has 3 aromatic rings. The average molecular weight is 370 g/mol. The van der Waals surface area contributed by atoms with Crippen LogP contribution in [-0.4, -0.2) is 34.0 Å². The van der Waals surface area contributed by atoms with E-state index in [0.29, 0.717) is 17.4 Å². The monoisotopic (exact) mass is 370 g/mol. The number of phenols is 1. The number of benzene rings is 1. The van der Waals surface area contributed by atoms with E-state index in [1.807, 2.05) is 33.9 Å². The summed E-state index contributed by atoms with van der Waals surface area (Å²) in [6.07, 6.45) is 1.89. The third-order valence-electron chi connectivity index (χ3n) is 4.64. The number of hydrogen-bond donors (Lipinski definition) is 1. The van der Waals surface area contributed by atoms with Crippen molar-refractivity contribution >= 4 is 28.6 Å². The molecule has 4 nitrogen and oxygen atoms in total. The number of carbonyl (C=O) groups is 1. The van der Waals surface area contributed by atoms with E-state index < -0.39 is 0 Å². The van der Waals surface area contributed by atoms with E-state index in [0.717, 1.165) is 36.5 Å². The van der Waals surface area contributed by atoms with Crippen LogP contribution in [0.2, 0.25) is 0 Å². The molecule has 0 aliphatic carbocycles. The first kappa shape index (κ1) is 16.3. The van der Waals surface area contributed by atoms with Gasteiger partial charge in [-0.2, -0.15) is 11.3 Å². The molecular weight excluding hydrogens is 352 g/mol. The molecule has 1 N–H and O–H groups in total. The van der Waals surface area contributed by atoms with Crippen molar-refractivity contribution in [2.75, 3.05) is 13.1 Å². The first-order chi connectivity index (χ1) is 12.2. The molecule has 0 bridgehead atoms. The summed E-state index contributed by atoms with van der Waals surface area (Å²) in [5.41, 5.74) is 2.87. The van der Waals surface area contributed by atoms with Gasteiger partial charge in [0.2, 0.25) is 0 Å². The Morgan fingerprint density at radius 3 is 2.56 bits per heavy atom. The molecule has 25 heavy (non-hydrogen) atoms. The van der Waals surface area contributed by atoms with Crippen molar-refractivity contribution in [1.82, 2.24) is 9.88 Å². The Morgan fingerprint density at radius 2 is 1.88 bits per heavy atom. The van der Waals surface area contributed by atoms with Crippen molar-refractivity contribution in [3.63, 3.8) is 0 Å². The first-order valence-corrected chi connectivity index (χ1v) is 10.1. The Kier molecular flexibility index (Phi) is 4.55. The molecule has 1 amide bonds. The van der Waals surface area contributed by atoms with Gasteiger partial charge in [0, 0.05) is 29.4 Å². The van der Waals surface area contributed by atoms with Crippen LogP contribution in [0.5, 0.6) is 5.75 Å². The number of thiazole rings is 1. The molecule has 1 fully saturated rings. The molecule has 2 aromatic heterocycles. The Bertz CT molecular complexity index is 848. The fraction of sp³-hybridized carbons (Fsp3) is 0.263. The molecule has 128 valence electrons. The van der Waals surface area contributed by atoms with Gasteiger partial charge < -0.3 is 10.0 Å². The van der Waals surface area contributed by atoms with Crippen LogP contribution in [-0.2, 0) is 0 Å². The number of carbonyl (C=O) groups excluding carboxylic acids is 1. The van der Waals surface area contributed by atoms with Crippen molar-refractivity contribution in [2.45, 2.75) is 18.8 Å². The molecule has 4 rings (SSSR count). The van der Waals surface area contributed by atoms with Gasteiger partial charge in [0.1, 0.15) is 16.5 Å². The second-order valence-electron chi connectivity index (χ2n) is 6.21. The number of aromatic hydroxyl groups is 1. The van der Waals surface area contributed by atoms with Gasteiger partial charge in [-0.15, -0.1) is 11.3 Å². The minimum Gasteiger partial charge on any atom is -0.508 e. The van der Waals surface area contributed by atoms with E-state index in [1.165, 1.54) is 16.9 Å². The van der Waals surface area contributed by atoms with E-state index in [-0.39, 0.29) is 5.91 Å². The van der Waals surface area contributed by atoms with Gasteiger partial charge in [-0.25, -0.2) is 4.98 Å². The lowest BCUT2D eigenvalue weighted by molar-refractivity contribution is 0.0708. The van der Waals surface area contributed by atoms with Crippen LogP contribution < -0.4 is 0 Å². The second kappa shape index (κ2) is 6.98. The first-order valence-electron chi connectivity index (χ1n) is 8.27. The zero-order chi connectivity index (χ0) is 17.2. The maximum atomic E-state index is 12.7. The topological polar surface area (TPSA) is 53.4 Å². The summed E-state index contributed by atoms with van der Waals surface area (Å²) in [6.45, 7) is 1.49. The number of nitrogens with zero attached hydrogens (tertiary/aromatic N) is 2. The van der Waals surface area contributed by atoms with Gasteiger partial charge in [0.15, 0.2) is 0 Å². The van der Waals surface area contributed by atoms with Crippen LogP contribution in [0.4, 0.5) is 0 Å². The second-order valence-corrected chi connectivity index (χ2v) is 7.85. The fourth-order valence-corrected chi connectivity index (χ4v) is 4.72. The van der Waals surface area contributed by atoms with E-state index in [4.69, 9.17) is 0 Å². The summed E-state index contributed by atoms with van der Waals surface area (Å²) >= 11 is 3.16. The molecule has 3 heterocycles. The van der Waals surface area contributed by atoms with Crippen molar-refractivity contribution in [1.29, 1.82) is 0 Å². The van der Waals surface area contributed by atoms with Gasteiger partial charge in [-0.05, 0) is 47.9 Å². The minimum absolute atomic E-state index is 0.0295. The lowest BCUT2D eigenvalue weighted by Gasteiger charge is -2.31. The van der Waals surface area contributed by atoms with Gasteiger partial charge in [-0.3, -0.25) is 4.79 Å². The fourth-order valence-electron chi connectivity index (χ4n) is 3.22. The van der Waals surface area contributed by atoms with Crippen LogP contribution in [0.1, 0.15) is 34.8 Å². The van der Waals surface area contributed by atoms with E-state index in [1.54, 1.807) is 23.5 Å². The standard InChI is InChI=1S/C19H18N2O2S2/c22-16-3-1-13(2-4-16)14-5-8-21(9-6-14)19(23)17-12-25-18(20-17)15-7-10-24-11-15/h1-4,7,10-12,14,22H,5-6,8-9H2. The number of hydrogen-bond acceptors (Lipinski definition) is 5. The quantitative estimate of drug-likeness (QED) is 0.733. The minimum atomic E-state index is 0.0295. The number of amides is 1. The molecule has 0 atom stereocenters. The summed E-state index contributed by atoms with van der Waals surface area (Å²) in [4.78, 5) is 19.1. The number of thiophene rings is 1. The molecule has 0 unspecified atom stereocenters. The number of aromatic nitrogens is 1. The lowest BCUT2D eigenvalue weighted by Crippen LogP contribution is -2.38.